The Morgan fingerprint density at radius 2 is 2.24 bits per heavy atom. The third kappa shape index (κ3) is 4.32. The highest BCUT2D eigenvalue weighted by atomic mass is 19.1. The van der Waals surface area contributed by atoms with Gasteiger partial charge in [0.1, 0.15) is 18.8 Å². The Hall–Kier alpha value is -3.41. The van der Waals surface area contributed by atoms with E-state index in [1.54, 1.807) is 25.1 Å². The van der Waals surface area contributed by atoms with Crippen LogP contribution >= 0.6 is 0 Å². The summed E-state index contributed by atoms with van der Waals surface area (Å²) in [6.45, 7) is 0.962. The first-order valence-electron chi connectivity index (χ1n) is 7.32. The highest BCUT2D eigenvalue weighted by molar-refractivity contribution is 5.96. The third-order valence-electron chi connectivity index (χ3n) is 3.29. The Morgan fingerprint density at radius 1 is 1.48 bits per heavy atom. The number of alkyl halides is 1. The molecule has 2 aromatic rings. The number of rotatable bonds is 6. The van der Waals surface area contributed by atoms with Crippen LogP contribution in [0.3, 0.4) is 0 Å². The van der Waals surface area contributed by atoms with Crippen molar-refractivity contribution in [2.24, 2.45) is 0 Å². The molecule has 0 radical (unpaired) electrons. The zero-order chi connectivity index (χ0) is 18.4. The Kier molecular flexibility index (Phi) is 5.68. The zero-order valence-electron chi connectivity index (χ0n) is 13.7. The van der Waals surface area contributed by atoms with Gasteiger partial charge in [-0.15, -0.1) is 0 Å². The van der Waals surface area contributed by atoms with Crippen molar-refractivity contribution in [3.8, 4) is 11.9 Å². The number of amides is 1. The van der Waals surface area contributed by atoms with Crippen molar-refractivity contribution in [1.82, 2.24) is 9.97 Å². The summed E-state index contributed by atoms with van der Waals surface area (Å²) in [5, 5.41) is 14.7. The van der Waals surface area contributed by atoms with Crippen LogP contribution in [0.5, 0.6) is 5.88 Å². The molecule has 0 unspecified atom stereocenters. The van der Waals surface area contributed by atoms with Crippen molar-refractivity contribution in [3.05, 3.63) is 35.4 Å². The molecule has 4 N–H and O–H groups in total. The van der Waals surface area contributed by atoms with Crippen molar-refractivity contribution in [1.29, 1.82) is 5.26 Å². The van der Waals surface area contributed by atoms with Crippen LogP contribution in [0.2, 0.25) is 0 Å². The average molecular weight is 344 g/mol. The first kappa shape index (κ1) is 17.9. The number of hydrogen-bond acceptors (Lipinski definition) is 7. The van der Waals surface area contributed by atoms with E-state index in [2.05, 4.69) is 20.6 Å². The molecule has 0 saturated heterocycles. The molecule has 1 aromatic heterocycles. The molecule has 2 rings (SSSR count). The number of aromatic nitrogens is 2. The van der Waals surface area contributed by atoms with Crippen LogP contribution < -0.4 is 21.1 Å². The molecule has 0 fully saturated rings. The van der Waals surface area contributed by atoms with Gasteiger partial charge in [0.2, 0.25) is 17.7 Å². The number of carbonyl (C=O) groups is 1. The van der Waals surface area contributed by atoms with Gasteiger partial charge < -0.3 is 21.1 Å². The highest BCUT2D eigenvalue weighted by Gasteiger charge is 2.19. The molecule has 8 nitrogen and oxygen atoms in total. The van der Waals surface area contributed by atoms with Gasteiger partial charge >= 0.3 is 0 Å². The second-order valence-electron chi connectivity index (χ2n) is 5.12. The summed E-state index contributed by atoms with van der Waals surface area (Å²) in [6, 6.07) is 7.61. The molecule has 130 valence electrons. The second-order valence-corrected chi connectivity index (χ2v) is 5.12. The molecule has 0 spiro atoms. The van der Waals surface area contributed by atoms with E-state index in [9.17, 15) is 14.4 Å². The van der Waals surface area contributed by atoms with Gasteiger partial charge in [-0.1, -0.05) is 12.1 Å². The molecule has 0 aliphatic heterocycles. The second kappa shape index (κ2) is 7.92. The topological polar surface area (TPSA) is 126 Å². The number of nitrogens with one attached hydrogen (secondary N) is 2. The molecule has 1 heterocycles. The SMILES string of the molecule is COc1nc(N)nc(N[C@@H](C)C(=O)Nc2cccc(CF)c2)c1C#N. The van der Waals surface area contributed by atoms with Gasteiger partial charge in [-0.25, -0.2) is 4.39 Å². The van der Waals surface area contributed by atoms with Crippen LogP contribution in [0.15, 0.2) is 24.3 Å². The van der Waals surface area contributed by atoms with E-state index >= 15 is 0 Å². The van der Waals surface area contributed by atoms with E-state index in [1.807, 2.05) is 6.07 Å². The van der Waals surface area contributed by atoms with Gasteiger partial charge in [0.25, 0.3) is 0 Å². The number of anilines is 3. The number of benzene rings is 1. The summed E-state index contributed by atoms with van der Waals surface area (Å²) in [5.74, 6) is -0.384. The smallest absolute Gasteiger partial charge is 0.246 e. The average Bonchev–Trinajstić information content (AvgIpc) is 2.61. The van der Waals surface area contributed by atoms with Crippen LogP contribution in [-0.4, -0.2) is 29.0 Å². The number of ether oxygens (including phenoxy) is 1. The minimum Gasteiger partial charge on any atom is -0.480 e. The van der Waals surface area contributed by atoms with Crippen molar-refractivity contribution in [3.63, 3.8) is 0 Å². The van der Waals surface area contributed by atoms with Gasteiger partial charge in [0.15, 0.2) is 11.4 Å². The van der Waals surface area contributed by atoms with Crippen molar-refractivity contribution in [2.75, 3.05) is 23.5 Å². The number of hydrogen-bond donors (Lipinski definition) is 3. The summed E-state index contributed by atoms with van der Waals surface area (Å²) in [6.07, 6.45) is 0. The minimum absolute atomic E-state index is 0.0146. The quantitative estimate of drug-likeness (QED) is 0.730. The molecule has 0 bridgehead atoms. The predicted octanol–water partition coefficient (Wildman–Crippen LogP) is 1.85. The fourth-order valence-corrected chi connectivity index (χ4v) is 2.06. The van der Waals surface area contributed by atoms with Crippen LogP contribution in [-0.2, 0) is 11.5 Å². The minimum atomic E-state index is -0.750. The molecular formula is C16H17FN6O2. The summed E-state index contributed by atoms with van der Waals surface area (Å²) in [4.78, 5) is 20.0. The third-order valence-corrected chi connectivity index (χ3v) is 3.29. The maximum atomic E-state index is 12.7. The van der Waals surface area contributed by atoms with E-state index < -0.39 is 18.6 Å². The van der Waals surface area contributed by atoms with Crippen LogP contribution in [0.4, 0.5) is 21.8 Å². The number of nitriles is 1. The van der Waals surface area contributed by atoms with Crippen molar-refractivity contribution >= 4 is 23.4 Å². The highest BCUT2D eigenvalue weighted by Crippen LogP contribution is 2.23. The van der Waals surface area contributed by atoms with E-state index in [-0.39, 0.29) is 23.2 Å². The number of methoxy groups -OCH3 is 1. The lowest BCUT2D eigenvalue weighted by atomic mass is 10.2. The lowest BCUT2D eigenvalue weighted by molar-refractivity contribution is -0.116. The largest absolute Gasteiger partial charge is 0.480 e. The monoisotopic (exact) mass is 344 g/mol. The Morgan fingerprint density at radius 3 is 2.88 bits per heavy atom. The molecule has 9 heteroatoms. The van der Waals surface area contributed by atoms with Gasteiger partial charge in [-0.05, 0) is 24.6 Å². The molecule has 0 aliphatic rings. The molecule has 0 aliphatic carbocycles. The van der Waals surface area contributed by atoms with Crippen LogP contribution in [0, 0.1) is 11.3 Å². The predicted molar refractivity (Wildman–Crippen MR) is 90.7 cm³/mol. The Labute approximate surface area is 143 Å². The van der Waals surface area contributed by atoms with Crippen LogP contribution in [0.1, 0.15) is 18.1 Å². The van der Waals surface area contributed by atoms with Gasteiger partial charge in [-0.2, -0.15) is 15.2 Å². The zero-order valence-corrected chi connectivity index (χ0v) is 13.7. The van der Waals surface area contributed by atoms with Gasteiger partial charge in [0.05, 0.1) is 7.11 Å². The maximum absolute atomic E-state index is 12.7. The lowest BCUT2D eigenvalue weighted by Crippen LogP contribution is -2.32. The number of carbonyl (C=O) groups excluding carboxylic acids is 1. The summed E-state index contributed by atoms with van der Waals surface area (Å²) in [5.41, 5.74) is 6.54. The first-order valence-corrected chi connectivity index (χ1v) is 7.32. The van der Waals surface area contributed by atoms with Crippen molar-refractivity contribution in [2.45, 2.75) is 19.6 Å². The standard InChI is InChI=1S/C16H17FN6O2/c1-9(14(24)21-11-5-3-4-10(6-11)7-17)20-13-12(8-18)15(25-2)23-16(19)22-13/h3-6,9H,7H2,1-2H3,(H,21,24)(H3,19,20,22,23)/t9-/m0/s1. The number of nitrogen functional groups attached to an aromatic ring is 1. The van der Waals surface area contributed by atoms with Crippen LogP contribution in [0.25, 0.3) is 0 Å². The Bertz CT molecular complexity index is 821. The van der Waals surface area contributed by atoms with E-state index in [4.69, 9.17) is 10.5 Å². The van der Waals surface area contributed by atoms with E-state index in [0.717, 1.165) is 0 Å². The molecule has 1 atom stereocenters. The molecule has 25 heavy (non-hydrogen) atoms. The molecule has 0 saturated carbocycles. The number of nitrogens with zero attached hydrogens (tertiary/aromatic N) is 3. The lowest BCUT2D eigenvalue weighted by Gasteiger charge is -2.16. The Balaban J connectivity index is 2.16. The summed E-state index contributed by atoms with van der Waals surface area (Å²) in [7, 11) is 1.35. The number of halogens is 1. The fourth-order valence-electron chi connectivity index (χ4n) is 2.06. The molecular weight excluding hydrogens is 327 g/mol. The molecule has 1 amide bonds. The van der Waals surface area contributed by atoms with E-state index in [1.165, 1.54) is 13.2 Å². The van der Waals surface area contributed by atoms with Gasteiger partial charge in [-0.3, -0.25) is 4.79 Å². The van der Waals surface area contributed by atoms with Crippen molar-refractivity contribution < 1.29 is 13.9 Å². The number of nitrogens with two attached hydrogens (primary N) is 1. The summed E-state index contributed by atoms with van der Waals surface area (Å²) >= 11 is 0. The summed E-state index contributed by atoms with van der Waals surface area (Å²) < 4.78 is 17.7. The van der Waals surface area contributed by atoms with Gasteiger partial charge in [0, 0.05) is 5.69 Å². The normalized spacial score (nSPS) is 11.3. The molecule has 1 aromatic carbocycles. The first-order chi connectivity index (χ1) is 12.0. The van der Waals surface area contributed by atoms with E-state index in [0.29, 0.717) is 11.3 Å². The maximum Gasteiger partial charge on any atom is 0.246 e. The fraction of sp³-hybridized carbons (Fsp3) is 0.250.